The number of rotatable bonds is 4. The first-order valence-electron chi connectivity index (χ1n) is 9.88. The maximum absolute atomic E-state index is 13.8. The van der Waals surface area contributed by atoms with Crippen molar-refractivity contribution in [3.05, 3.63) is 63.5 Å². The van der Waals surface area contributed by atoms with Gasteiger partial charge in [-0.15, -0.1) is 0 Å². The Bertz CT molecular complexity index is 1140. The number of pyridine rings is 1. The molecule has 1 aliphatic rings. The first-order valence-corrected chi connectivity index (χ1v) is 10.6. The number of fused-ring (bicyclic) bond motifs is 1. The summed E-state index contributed by atoms with van der Waals surface area (Å²) >= 11 is 12.2. The van der Waals surface area contributed by atoms with E-state index in [1.807, 2.05) is 4.90 Å². The first kappa shape index (κ1) is 22.8. The minimum Gasteiger partial charge on any atom is -0.393 e. The topological polar surface area (TPSA) is 69.9 Å². The molecule has 0 spiro atoms. The Labute approximate surface area is 191 Å². The average Bonchev–Trinajstić information content (AvgIpc) is 3.09. The molecule has 3 heterocycles. The number of nitrogens with one attached hydrogen (secondary N) is 1. The monoisotopic (exact) mass is 486 g/mol. The zero-order chi connectivity index (χ0) is 23.0. The van der Waals surface area contributed by atoms with Gasteiger partial charge >= 0.3 is 6.18 Å². The van der Waals surface area contributed by atoms with Gasteiger partial charge in [-0.25, -0.2) is 4.98 Å². The van der Waals surface area contributed by atoms with Gasteiger partial charge in [-0.2, -0.15) is 13.2 Å². The van der Waals surface area contributed by atoms with E-state index in [-0.39, 0.29) is 39.2 Å². The number of carbonyl (C=O) groups excluding carboxylic acids is 1. The Morgan fingerprint density at radius 1 is 1.16 bits per heavy atom. The predicted octanol–water partition coefficient (Wildman–Crippen LogP) is 4.87. The molecule has 2 N–H and O–H groups in total. The van der Waals surface area contributed by atoms with Gasteiger partial charge in [0, 0.05) is 25.8 Å². The fourth-order valence-electron chi connectivity index (χ4n) is 3.78. The van der Waals surface area contributed by atoms with Crippen LogP contribution >= 0.6 is 23.2 Å². The van der Waals surface area contributed by atoms with Gasteiger partial charge in [-0.3, -0.25) is 9.69 Å². The highest BCUT2D eigenvalue weighted by Gasteiger charge is 2.39. The summed E-state index contributed by atoms with van der Waals surface area (Å²) in [6.07, 6.45) is -2.64. The van der Waals surface area contributed by atoms with Gasteiger partial charge in [0.1, 0.15) is 0 Å². The second-order valence-electron chi connectivity index (χ2n) is 7.58. The van der Waals surface area contributed by atoms with Crippen LogP contribution in [0.1, 0.15) is 34.6 Å². The Morgan fingerprint density at radius 3 is 2.44 bits per heavy atom. The summed E-state index contributed by atoms with van der Waals surface area (Å²) in [7, 11) is 0. The summed E-state index contributed by atoms with van der Waals surface area (Å²) in [4.78, 5) is 18.4. The minimum atomic E-state index is -4.68. The van der Waals surface area contributed by atoms with Crippen molar-refractivity contribution in [2.75, 3.05) is 18.4 Å². The van der Waals surface area contributed by atoms with Crippen molar-refractivity contribution in [2.24, 2.45) is 0 Å². The van der Waals surface area contributed by atoms with Crippen molar-refractivity contribution < 1.29 is 23.1 Å². The molecular weight excluding hydrogens is 468 g/mol. The summed E-state index contributed by atoms with van der Waals surface area (Å²) in [5, 5.41) is 12.5. The van der Waals surface area contributed by atoms with Crippen molar-refractivity contribution in [3.8, 4) is 0 Å². The molecule has 1 aliphatic heterocycles. The third-order valence-corrected chi connectivity index (χ3v) is 6.02. The molecule has 0 bridgehead atoms. The molecule has 1 aromatic carbocycles. The molecule has 0 saturated carbocycles. The molecule has 0 aliphatic carbocycles. The Kier molecular flexibility index (Phi) is 6.35. The van der Waals surface area contributed by atoms with Crippen LogP contribution in [0.3, 0.4) is 0 Å². The Hall–Kier alpha value is -2.33. The van der Waals surface area contributed by atoms with Crippen LogP contribution in [-0.2, 0) is 12.7 Å². The second kappa shape index (κ2) is 8.90. The van der Waals surface area contributed by atoms with Crippen LogP contribution in [-0.4, -0.2) is 44.5 Å². The quantitative estimate of drug-likeness (QED) is 0.551. The van der Waals surface area contributed by atoms with Crippen molar-refractivity contribution in [1.82, 2.24) is 14.3 Å². The summed E-state index contributed by atoms with van der Waals surface area (Å²) in [5.74, 6) is -0.656. The number of aliphatic hydroxyl groups excluding tert-OH is 1. The molecule has 32 heavy (non-hydrogen) atoms. The van der Waals surface area contributed by atoms with E-state index in [0.717, 1.165) is 0 Å². The number of hydrogen-bond acceptors (Lipinski definition) is 4. The lowest BCUT2D eigenvalue weighted by atomic mass is 10.1. The predicted molar refractivity (Wildman–Crippen MR) is 115 cm³/mol. The van der Waals surface area contributed by atoms with Gasteiger partial charge < -0.3 is 14.8 Å². The third-order valence-electron chi connectivity index (χ3n) is 5.39. The smallest absolute Gasteiger partial charge is 0.393 e. The highest BCUT2D eigenvalue weighted by molar-refractivity contribution is 6.40. The summed E-state index contributed by atoms with van der Waals surface area (Å²) in [6, 6.07) is 7.56. The maximum Gasteiger partial charge on any atom is 0.435 e. The SMILES string of the molecule is O=C(Nc1cccn2c(CN3CCC(O)CC3)c(C(F)(F)F)nc12)c1c(Cl)cccc1Cl. The lowest BCUT2D eigenvalue weighted by molar-refractivity contribution is -0.141. The number of benzene rings is 1. The molecule has 0 radical (unpaired) electrons. The summed E-state index contributed by atoms with van der Waals surface area (Å²) in [5.41, 5.74) is -0.966. The Balaban J connectivity index is 1.72. The van der Waals surface area contributed by atoms with Crippen molar-refractivity contribution in [3.63, 3.8) is 0 Å². The van der Waals surface area contributed by atoms with Gasteiger partial charge in [-0.1, -0.05) is 29.3 Å². The molecule has 1 amide bonds. The number of halogens is 5. The van der Waals surface area contributed by atoms with Crippen LogP contribution < -0.4 is 5.32 Å². The standard InChI is InChI=1S/C21H19Cl2F3N4O2/c22-13-3-1-4-14(23)17(13)20(32)27-15-5-2-8-30-16(11-29-9-6-12(31)7-10-29)18(21(24,25)26)28-19(15)30/h1-5,8,12,31H,6-7,9-11H2,(H,27,32). The molecule has 3 aromatic rings. The number of alkyl halides is 3. The molecule has 0 atom stereocenters. The molecule has 11 heteroatoms. The van der Waals surface area contributed by atoms with Crippen LogP contribution in [0, 0.1) is 0 Å². The number of carbonyl (C=O) groups is 1. The average molecular weight is 487 g/mol. The lowest BCUT2D eigenvalue weighted by Gasteiger charge is -2.29. The van der Waals surface area contributed by atoms with Gasteiger partial charge in [0.2, 0.25) is 0 Å². The number of piperidine rings is 1. The molecule has 1 fully saturated rings. The van der Waals surface area contributed by atoms with Crippen molar-refractivity contribution in [2.45, 2.75) is 31.7 Å². The second-order valence-corrected chi connectivity index (χ2v) is 8.39. The fourth-order valence-corrected chi connectivity index (χ4v) is 4.35. The molecular formula is C21H19Cl2F3N4O2. The van der Waals surface area contributed by atoms with Crippen LogP contribution in [0.25, 0.3) is 5.65 Å². The number of imidazole rings is 1. The zero-order valence-electron chi connectivity index (χ0n) is 16.7. The number of amides is 1. The van der Waals surface area contributed by atoms with E-state index in [0.29, 0.717) is 25.9 Å². The van der Waals surface area contributed by atoms with Crippen LogP contribution in [0.4, 0.5) is 18.9 Å². The Morgan fingerprint density at radius 2 is 1.81 bits per heavy atom. The third kappa shape index (κ3) is 4.56. The maximum atomic E-state index is 13.8. The minimum absolute atomic E-state index is 0.0104. The number of aromatic nitrogens is 2. The van der Waals surface area contributed by atoms with E-state index in [2.05, 4.69) is 10.3 Å². The summed E-state index contributed by atoms with van der Waals surface area (Å²) in [6.45, 7) is 0.969. The molecule has 1 saturated heterocycles. The van der Waals surface area contributed by atoms with E-state index in [9.17, 15) is 23.1 Å². The molecule has 0 unspecified atom stereocenters. The molecule has 2 aromatic heterocycles. The normalized spacial score (nSPS) is 15.9. The van der Waals surface area contributed by atoms with Gasteiger partial charge in [0.25, 0.3) is 5.91 Å². The van der Waals surface area contributed by atoms with Gasteiger partial charge in [0.05, 0.1) is 33.1 Å². The van der Waals surface area contributed by atoms with Crippen molar-refractivity contribution in [1.29, 1.82) is 0 Å². The van der Waals surface area contributed by atoms with E-state index in [4.69, 9.17) is 23.2 Å². The van der Waals surface area contributed by atoms with Crippen LogP contribution in [0.5, 0.6) is 0 Å². The highest BCUT2D eigenvalue weighted by atomic mass is 35.5. The number of nitrogens with zero attached hydrogens (tertiary/aromatic N) is 3. The summed E-state index contributed by atoms with van der Waals surface area (Å²) < 4.78 is 42.8. The van der Waals surface area contributed by atoms with Crippen molar-refractivity contribution >= 4 is 40.4 Å². The highest BCUT2D eigenvalue weighted by Crippen LogP contribution is 2.35. The lowest BCUT2D eigenvalue weighted by Crippen LogP contribution is -2.36. The number of anilines is 1. The number of aliphatic hydroxyl groups is 1. The van der Waals surface area contributed by atoms with E-state index < -0.39 is 23.9 Å². The first-order chi connectivity index (χ1) is 15.1. The number of likely N-dealkylation sites (tertiary alicyclic amines) is 1. The molecule has 6 nitrogen and oxygen atoms in total. The number of hydrogen-bond donors (Lipinski definition) is 2. The molecule has 4 rings (SSSR count). The fraction of sp³-hybridized carbons (Fsp3) is 0.333. The molecule has 170 valence electrons. The van der Waals surface area contributed by atoms with E-state index >= 15 is 0 Å². The van der Waals surface area contributed by atoms with Gasteiger partial charge in [-0.05, 0) is 37.1 Å². The van der Waals surface area contributed by atoms with E-state index in [1.54, 1.807) is 6.07 Å². The van der Waals surface area contributed by atoms with Gasteiger partial charge in [0.15, 0.2) is 11.3 Å². The largest absolute Gasteiger partial charge is 0.435 e. The van der Waals surface area contributed by atoms with Crippen LogP contribution in [0.2, 0.25) is 10.0 Å². The van der Waals surface area contributed by atoms with E-state index in [1.165, 1.54) is 34.9 Å². The zero-order valence-corrected chi connectivity index (χ0v) is 18.2. The van der Waals surface area contributed by atoms with Crippen LogP contribution in [0.15, 0.2) is 36.5 Å².